The lowest BCUT2D eigenvalue weighted by Gasteiger charge is -2.02. The molecule has 0 aromatic heterocycles. The fourth-order valence-corrected chi connectivity index (χ4v) is 0.802. The first-order valence-electron chi connectivity index (χ1n) is 3.62. The van der Waals surface area contributed by atoms with E-state index >= 15 is 0 Å². The van der Waals surface area contributed by atoms with Crippen molar-refractivity contribution in [3.05, 3.63) is 29.8 Å². The van der Waals surface area contributed by atoms with Crippen LogP contribution < -0.4 is 0 Å². The van der Waals surface area contributed by atoms with Crippen LogP contribution in [0.25, 0.3) is 0 Å². The van der Waals surface area contributed by atoms with E-state index in [9.17, 15) is 4.79 Å². The second-order valence-electron chi connectivity index (χ2n) is 2.15. The SMILES string of the molecule is CCOC(=O)c1ccc[c]c1O. The number of carbonyl (C=O) groups is 1. The summed E-state index contributed by atoms with van der Waals surface area (Å²) in [5.74, 6) is -0.692. The highest BCUT2D eigenvalue weighted by Gasteiger charge is 2.09. The van der Waals surface area contributed by atoms with Gasteiger partial charge < -0.3 is 9.84 Å². The monoisotopic (exact) mass is 165 g/mol. The largest absolute Gasteiger partial charge is 0.506 e. The van der Waals surface area contributed by atoms with Crippen LogP contribution in [-0.2, 0) is 4.74 Å². The van der Waals surface area contributed by atoms with Crippen LogP contribution in [0.1, 0.15) is 17.3 Å². The summed E-state index contributed by atoms with van der Waals surface area (Å²) in [6, 6.07) is 7.13. The summed E-state index contributed by atoms with van der Waals surface area (Å²) < 4.78 is 4.69. The highest BCUT2D eigenvalue weighted by Crippen LogP contribution is 2.15. The zero-order chi connectivity index (χ0) is 8.97. The molecule has 0 aliphatic carbocycles. The van der Waals surface area contributed by atoms with Crippen molar-refractivity contribution in [1.29, 1.82) is 0 Å². The maximum atomic E-state index is 11.1. The molecule has 0 unspecified atom stereocenters. The van der Waals surface area contributed by atoms with Crippen LogP contribution in [0, 0.1) is 6.07 Å². The van der Waals surface area contributed by atoms with Crippen molar-refractivity contribution in [3.63, 3.8) is 0 Å². The zero-order valence-corrected chi connectivity index (χ0v) is 6.70. The van der Waals surface area contributed by atoms with Gasteiger partial charge in [0.25, 0.3) is 0 Å². The number of phenols is 1. The maximum absolute atomic E-state index is 11.1. The lowest BCUT2D eigenvalue weighted by Crippen LogP contribution is -2.04. The maximum Gasteiger partial charge on any atom is 0.341 e. The normalized spacial score (nSPS) is 9.42. The van der Waals surface area contributed by atoms with Crippen LogP contribution in [0.15, 0.2) is 18.2 Å². The Morgan fingerprint density at radius 2 is 2.50 bits per heavy atom. The number of hydrogen-bond acceptors (Lipinski definition) is 3. The number of phenolic OH excluding ortho intramolecular Hbond substituents is 1. The van der Waals surface area contributed by atoms with E-state index in [-0.39, 0.29) is 11.3 Å². The highest BCUT2D eigenvalue weighted by molar-refractivity contribution is 5.92. The van der Waals surface area contributed by atoms with Gasteiger partial charge in [0.15, 0.2) is 0 Å². The molecule has 0 fully saturated rings. The Morgan fingerprint density at radius 1 is 1.75 bits per heavy atom. The molecular weight excluding hydrogens is 156 g/mol. The minimum atomic E-state index is -0.521. The fraction of sp³-hybridized carbons (Fsp3) is 0.222. The van der Waals surface area contributed by atoms with Gasteiger partial charge in [-0.15, -0.1) is 0 Å². The van der Waals surface area contributed by atoms with Crippen LogP contribution in [-0.4, -0.2) is 17.7 Å². The Kier molecular flexibility index (Phi) is 2.69. The van der Waals surface area contributed by atoms with Crippen LogP contribution in [0.5, 0.6) is 5.75 Å². The van der Waals surface area contributed by atoms with Crippen LogP contribution in [0.3, 0.4) is 0 Å². The summed E-state index contributed by atoms with van der Waals surface area (Å²) in [4.78, 5) is 11.1. The third-order valence-corrected chi connectivity index (χ3v) is 1.33. The summed E-state index contributed by atoms with van der Waals surface area (Å²) in [5, 5.41) is 9.15. The molecule has 0 aliphatic heterocycles. The number of carbonyl (C=O) groups excluding carboxylic acids is 1. The number of benzene rings is 1. The van der Waals surface area contributed by atoms with Crippen molar-refractivity contribution in [3.8, 4) is 5.75 Å². The predicted octanol–water partition coefficient (Wildman–Crippen LogP) is 1.37. The second kappa shape index (κ2) is 3.76. The van der Waals surface area contributed by atoms with E-state index in [1.165, 1.54) is 12.1 Å². The van der Waals surface area contributed by atoms with Gasteiger partial charge in [-0.3, -0.25) is 0 Å². The molecule has 0 amide bonds. The molecule has 0 bridgehead atoms. The average Bonchev–Trinajstić information content (AvgIpc) is 2.05. The Morgan fingerprint density at radius 3 is 3.08 bits per heavy atom. The Balaban J connectivity index is 2.87. The molecule has 1 rings (SSSR count). The van der Waals surface area contributed by atoms with Crippen molar-refractivity contribution in [2.75, 3.05) is 6.61 Å². The third-order valence-electron chi connectivity index (χ3n) is 1.33. The summed E-state index contributed by atoms with van der Waals surface area (Å²) in [6.45, 7) is 2.01. The molecule has 0 saturated carbocycles. The van der Waals surface area contributed by atoms with Gasteiger partial charge >= 0.3 is 5.97 Å². The first kappa shape index (κ1) is 8.59. The molecule has 0 atom stereocenters. The first-order chi connectivity index (χ1) is 5.75. The van der Waals surface area contributed by atoms with Crippen LogP contribution >= 0.6 is 0 Å². The number of rotatable bonds is 2. The number of aromatic hydroxyl groups is 1. The van der Waals surface area contributed by atoms with Gasteiger partial charge in [-0.25, -0.2) is 4.79 Å². The number of esters is 1. The van der Waals surface area contributed by atoms with E-state index in [1.54, 1.807) is 13.0 Å². The molecule has 0 spiro atoms. The zero-order valence-electron chi connectivity index (χ0n) is 6.70. The average molecular weight is 165 g/mol. The van der Waals surface area contributed by atoms with Crippen molar-refractivity contribution in [2.45, 2.75) is 6.92 Å². The summed E-state index contributed by atoms with van der Waals surface area (Å²) in [5.41, 5.74) is 0.152. The molecule has 3 heteroatoms. The Bertz CT molecular complexity index is 281. The minimum absolute atomic E-state index is 0.152. The lowest BCUT2D eigenvalue weighted by molar-refractivity contribution is 0.0523. The minimum Gasteiger partial charge on any atom is -0.506 e. The highest BCUT2D eigenvalue weighted by atomic mass is 16.5. The van der Waals surface area contributed by atoms with Gasteiger partial charge in [0.1, 0.15) is 11.3 Å². The fourth-order valence-electron chi connectivity index (χ4n) is 0.802. The quantitative estimate of drug-likeness (QED) is 0.673. The summed E-state index contributed by atoms with van der Waals surface area (Å²) >= 11 is 0. The number of hydrogen-bond donors (Lipinski definition) is 1. The van der Waals surface area contributed by atoms with Gasteiger partial charge in [0.2, 0.25) is 0 Å². The van der Waals surface area contributed by atoms with E-state index in [0.717, 1.165) is 0 Å². The van der Waals surface area contributed by atoms with Crippen molar-refractivity contribution in [2.24, 2.45) is 0 Å². The molecule has 63 valence electrons. The Hall–Kier alpha value is -1.51. The molecule has 1 aromatic rings. The van der Waals surface area contributed by atoms with E-state index in [4.69, 9.17) is 5.11 Å². The lowest BCUT2D eigenvalue weighted by atomic mass is 10.2. The molecule has 3 nitrogen and oxygen atoms in total. The van der Waals surface area contributed by atoms with Crippen molar-refractivity contribution < 1.29 is 14.6 Å². The molecule has 1 radical (unpaired) electrons. The molecule has 0 saturated heterocycles. The Labute approximate surface area is 70.6 Å². The van der Waals surface area contributed by atoms with E-state index < -0.39 is 5.97 Å². The van der Waals surface area contributed by atoms with Crippen molar-refractivity contribution >= 4 is 5.97 Å². The molecule has 0 heterocycles. The summed E-state index contributed by atoms with van der Waals surface area (Å²) in [7, 11) is 0. The molecule has 1 N–H and O–H groups in total. The standard InChI is InChI=1S/C9H9O3/c1-2-12-9(11)7-5-3-4-6-8(7)10/h3-5,10H,2H2,1H3. The van der Waals surface area contributed by atoms with Crippen LogP contribution in [0.2, 0.25) is 0 Å². The number of ether oxygens (including phenoxy) is 1. The van der Waals surface area contributed by atoms with Gasteiger partial charge in [-0.1, -0.05) is 12.1 Å². The third kappa shape index (κ3) is 1.75. The number of para-hydroxylation sites is 1. The van der Waals surface area contributed by atoms with Gasteiger partial charge in [-0.05, 0) is 13.0 Å². The molecular formula is C9H9O3. The van der Waals surface area contributed by atoms with Gasteiger partial charge in [-0.2, -0.15) is 0 Å². The van der Waals surface area contributed by atoms with E-state index in [2.05, 4.69) is 10.8 Å². The smallest absolute Gasteiger partial charge is 0.341 e. The second-order valence-corrected chi connectivity index (χ2v) is 2.15. The summed E-state index contributed by atoms with van der Waals surface area (Å²) in [6.07, 6.45) is 0. The van der Waals surface area contributed by atoms with E-state index in [1.807, 2.05) is 0 Å². The van der Waals surface area contributed by atoms with Gasteiger partial charge in [0, 0.05) is 6.07 Å². The first-order valence-corrected chi connectivity index (χ1v) is 3.62. The topological polar surface area (TPSA) is 46.5 Å². The molecule has 1 aromatic carbocycles. The molecule has 12 heavy (non-hydrogen) atoms. The molecule has 0 aliphatic rings. The van der Waals surface area contributed by atoms with Crippen molar-refractivity contribution in [1.82, 2.24) is 0 Å². The van der Waals surface area contributed by atoms with E-state index in [0.29, 0.717) is 6.61 Å². The van der Waals surface area contributed by atoms with Crippen LogP contribution in [0.4, 0.5) is 0 Å². The predicted molar refractivity (Wildman–Crippen MR) is 42.9 cm³/mol. The van der Waals surface area contributed by atoms with Gasteiger partial charge in [0.05, 0.1) is 6.61 Å².